The third-order valence-electron chi connectivity index (χ3n) is 5.60. The molecule has 1 saturated carbocycles. The van der Waals surface area contributed by atoms with Gasteiger partial charge in [0.05, 0.1) is 11.7 Å². The van der Waals surface area contributed by atoms with Gasteiger partial charge in [-0.15, -0.1) is 5.10 Å². The molecule has 4 rings (SSSR count). The van der Waals surface area contributed by atoms with Crippen LogP contribution in [0.1, 0.15) is 30.9 Å². The molecule has 2 heterocycles. The van der Waals surface area contributed by atoms with Crippen molar-refractivity contribution in [2.75, 3.05) is 5.32 Å². The maximum absolute atomic E-state index is 4.65. The van der Waals surface area contributed by atoms with Crippen LogP contribution < -0.4 is 10.6 Å². The first-order chi connectivity index (χ1) is 14.0. The predicted molar refractivity (Wildman–Crippen MR) is 121 cm³/mol. The molecule has 0 radical (unpaired) electrons. The molecule has 1 aromatic carbocycles. The molecule has 1 aliphatic carbocycles. The van der Waals surface area contributed by atoms with E-state index in [0.29, 0.717) is 12.0 Å². The van der Waals surface area contributed by atoms with Crippen LogP contribution >= 0.6 is 0 Å². The van der Waals surface area contributed by atoms with Gasteiger partial charge in [-0.1, -0.05) is 43.5 Å². The van der Waals surface area contributed by atoms with E-state index in [2.05, 4.69) is 78.1 Å². The van der Waals surface area contributed by atoms with Crippen LogP contribution in [0.2, 0.25) is 0 Å². The molecule has 5 nitrogen and oxygen atoms in total. The van der Waals surface area contributed by atoms with E-state index in [4.69, 9.17) is 0 Å². The van der Waals surface area contributed by atoms with Crippen molar-refractivity contribution < 1.29 is 0 Å². The molecule has 3 aromatic rings. The number of rotatable bonds is 7. The van der Waals surface area contributed by atoms with Crippen molar-refractivity contribution in [3.05, 3.63) is 79.3 Å². The van der Waals surface area contributed by atoms with Crippen molar-refractivity contribution in [3.63, 3.8) is 0 Å². The zero-order valence-corrected chi connectivity index (χ0v) is 17.0. The number of nitrogens with one attached hydrogen (secondary N) is 2. The summed E-state index contributed by atoms with van der Waals surface area (Å²) in [5.74, 6) is 0.656. The van der Waals surface area contributed by atoms with E-state index in [9.17, 15) is 0 Å². The maximum atomic E-state index is 4.65. The van der Waals surface area contributed by atoms with Gasteiger partial charge in [-0.25, -0.2) is 9.50 Å². The summed E-state index contributed by atoms with van der Waals surface area (Å²) in [7, 11) is 0. The fourth-order valence-corrected chi connectivity index (χ4v) is 4.05. The minimum absolute atomic E-state index is 0.118. The van der Waals surface area contributed by atoms with Gasteiger partial charge in [0.2, 0.25) is 5.95 Å². The molecule has 5 heteroatoms. The molecular formula is C24H27N5. The normalized spacial score (nSPS) is 21.1. The standard InChI is InChI=1S/C24H27N5/c1-5-7-8-18-13-19(10-9-17(18)3)21-11-12-29-22(21)16-25-23(28-29)27-20-14-24(4,15-20)26-6-2/h5-13,16,20,26H,1-2,14-15H2,3-4H3,(H,27,28)/b8-7-. The lowest BCUT2D eigenvalue weighted by Crippen LogP contribution is -2.56. The highest BCUT2D eigenvalue weighted by Gasteiger charge is 2.39. The van der Waals surface area contributed by atoms with Crippen LogP contribution in [0.4, 0.5) is 5.95 Å². The van der Waals surface area contributed by atoms with Crippen LogP contribution in [0.25, 0.3) is 22.7 Å². The van der Waals surface area contributed by atoms with Crippen molar-refractivity contribution >= 4 is 17.5 Å². The first-order valence-electron chi connectivity index (χ1n) is 9.91. The summed E-state index contributed by atoms with van der Waals surface area (Å²) in [6.45, 7) is 11.8. The van der Waals surface area contributed by atoms with Gasteiger partial charge in [0.15, 0.2) is 0 Å². The van der Waals surface area contributed by atoms with Gasteiger partial charge in [0, 0.05) is 23.3 Å². The number of hydrogen-bond donors (Lipinski definition) is 2. The number of hydrogen-bond acceptors (Lipinski definition) is 4. The molecule has 0 aliphatic heterocycles. The van der Waals surface area contributed by atoms with E-state index in [1.54, 1.807) is 12.3 Å². The van der Waals surface area contributed by atoms with Crippen molar-refractivity contribution in [2.45, 2.75) is 38.3 Å². The van der Waals surface area contributed by atoms with Crippen LogP contribution in [-0.4, -0.2) is 26.2 Å². The van der Waals surface area contributed by atoms with Crippen LogP contribution in [0.15, 0.2) is 68.2 Å². The topological polar surface area (TPSA) is 54.2 Å². The van der Waals surface area contributed by atoms with Gasteiger partial charge in [0.25, 0.3) is 0 Å². The summed E-state index contributed by atoms with van der Waals surface area (Å²) in [5, 5.41) is 11.4. The first-order valence-corrected chi connectivity index (χ1v) is 9.91. The molecule has 0 unspecified atom stereocenters. The number of allylic oxidation sites excluding steroid dienone is 2. The minimum Gasteiger partial charge on any atom is -0.386 e. The predicted octanol–water partition coefficient (Wildman–Crippen LogP) is 4.97. The van der Waals surface area contributed by atoms with Crippen LogP contribution in [0.5, 0.6) is 0 Å². The quantitative estimate of drug-likeness (QED) is 0.564. The molecule has 2 aromatic heterocycles. The Morgan fingerprint density at radius 1 is 1.24 bits per heavy atom. The van der Waals surface area contributed by atoms with Crippen LogP contribution in [0, 0.1) is 6.92 Å². The summed E-state index contributed by atoms with van der Waals surface area (Å²) in [4.78, 5) is 4.56. The molecule has 148 valence electrons. The second-order valence-corrected chi connectivity index (χ2v) is 7.97. The number of fused-ring (bicyclic) bond motifs is 1. The average molecular weight is 386 g/mol. The third kappa shape index (κ3) is 3.81. The van der Waals surface area contributed by atoms with Gasteiger partial charge < -0.3 is 10.6 Å². The largest absolute Gasteiger partial charge is 0.386 e. The van der Waals surface area contributed by atoms with E-state index < -0.39 is 0 Å². The fourth-order valence-electron chi connectivity index (χ4n) is 4.05. The molecular weight excluding hydrogens is 358 g/mol. The fraction of sp³-hybridized carbons (Fsp3) is 0.250. The molecule has 1 fully saturated rings. The monoisotopic (exact) mass is 385 g/mol. The average Bonchev–Trinajstić information content (AvgIpc) is 3.09. The third-order valence-corrected chi connectivity index (χ3v) is 5.60. The molecule has 0 bridgehead atoms. The van der Waals surface area contributed by atoms with Crippen LogP contribution in [-0.2, 0) is 0 Å². The molecule has 0 amide bonds. The van der Waals surface area contributed by atoms with Gasteiger partial charge in [-0.05, 0) is 61.7 Å². The van der Waals surface area contributed by atoms with Crippen molar-refractivity contribution in [2.24, 2.45) is 0 Å². The maximum Gasteiger partial charge on any atom is 0.241 e. The number of aromatic nitrogens is 3. The van der Waals surface area contributed by atoms with E-state index in [1.807, 2.05) is 23.0 Å². The second-order valence-electron chi connectivity index (χ2n) is 7.97. The SMILES string of the molecule is C=C/C=C\c1cc(-c2ccn3nc(NC4CC(C)(NC=C)C4)ncc23)ccc1C. The molecule has 0 atom stereocenters. The Bertz CT molecular complexity index is 1090. The molecule has 2 N–H and O–H groups in total. The summed E-state index contributed by atoms with van der Waals surface area (Å²) in [6, 6.07) is 8.94. The summed E-state index contributed by atoms with van der Waals surface area (Å²) in [5.41, 5.74) is 5.80. The van der Waals surface area contributed by atoms with Crippen molar-refractivity contribution in [1.29, 1.82) is 0 Å². The van der Waals surface area contributed by atoms with Gasteiger partial charge >= 0.3 is 0 Å². The second kappa shape index (κ2) is 7.59. The van der Waals surface area contributed by atoms with E-state index in [0.717, 1.165) is 29.5 Å². The lowest BCUT2D eigenvalue weighted by Gasteiger charge is -2.45. The zero-order valence-electron chi connectivity index (χ0n) is 17.0. The Balaban J connectivity index is 1.56. The van der Waals surface area contributed by atoms with E-state index in [1.165, 1.54) is 11.1 Å². The van der Waals surface area contributed by atoms with E-state index in [-0.39, 0.29) is 5.54 Å². The number of anilines is 1. The van der Waals surface area contributed by atoms with E-state index >= 15 is 0 Å². The Morgan fingerprint density at radius 3 is 2.83 bits per heavy atom. The molecule has 0 spiro atoms. The highest BCUT2D eigenvalue weighted by Crippen LogP contribution is 2.34. The molecule has 29 heavy (non-hydrogen) atoms. The Kier molecular flexibility index (Phi) is 4.97. The lowest BCUT2D eigenvalue weighted by atomic mass is 9.74. The smallest absolute Gasteiger partial charge is 0.241 e. The Labute approximate surface area is 171 Å². The number of benzene rings is 1. The first kappa shape index (κ1) is 19.0. The summed E-state index contributed by atoms with van der Waals surface area (Å²) in [6.07, 6.45) is 13.5. The highest BCUT2D eigenvalue weighted by atomic mass is 15.3. The minimum atomic E-state index is 0.118. The van der Waals surface area contributed by atoms with Crippen LogP contribution in [0.3, 0.4) is 0 Å². The van der Waals surface area contributed by atoms with Gasteiger partial charge in [-0.2, -0.15) is 0 Å². The Morgan fingerprint density at radius 2 is 2.07 bits per heavy atom. The van der Waals surface area contributed by atoms with Gasteiger partial charge in [-0.3, -0.25) is 0 Å². The Hall–Kier alpha value is -3.34. The summed E-state index contributed by atoms with van der Waals surface area (Å²) < 4.78 is 1.89. The highest BCUT2D eigenvalue weighted by molar-refractivity contribution is 5.82. The summed E-state index contributed by atoms with van der Waals surface area (Å²) >= 11 is 0. The zero-order chi connectivity index (χ0) is 20.4. The number of nitrogens with zero attached hydrogens (tertiary/aromatic N) is 3. The van der Waals surface area contributed by atoms with Crippen molar-refractivity contribution in [1.82, 2.24) is 19.9 Å². The molecule has 1 aliphatic rings. The van der Waals surface area contributed by atoms with Crippen molar-refractivity contribution in [3.8, 4) is 11.1 Å². The van der Waals surface area contributed by atoms with Gasteiger partial charge in [0.1, 0.15) is 0 Å². The molecule has 0 saturated heterocycles. The number of aryl methyl sites for hydroxylation is 1. The lowest BCUT2D eigenvalue weighted by molar-refractivity contribution is 0.209.